The van der Waals surface area contributed by atoms with Crippen LogP contribution in [0.25, 0.3) is 0 Å². The lowest BCUT2D eigenvalue weighted by Gasteiger charge is -2.08. The van der Waals surface area contributed by atoms with Crippen LogP contribution in [0.15, 0.2) is 24.3 Å². The van der Waals surface area contributed by atoms with Gasteiger partial charge in [-0.25, -0.2) is 0 Å². The molecule has 1 aromatic carbocycles. The Morgan fingerprint density at radius 3 is 2.21 bits per heavy atom. The van der Waals surface area contributed by atoms with Gasteiger partial charge in [-0.3, -0.25) is 4.55 Å². The molecule has 1 rings (SSSR count). The first-order chi connectivity index (χ1) is 8.87. The summed E-state index contributed by atoms with van der Waals surface area (Å²) in [5.41, 5.74) is 1.50. The fraction of sp³-hybridized carbons (Fsp3) is 0.538. The van der Waals surface area contributed by atoms with Crippen molar-refractivity contribution in [2.45, 2.75) is 32.3 Å². The van der Waals surface area contributed by atoms with Gasteiger partial charge in [0, 0.05) is 0 Å². The number of hydrogen-bond acceptors (Lipinski definition) is 4. The number of rotatable bonds is 8. The summed E-state index contributed by atoms with van der Waals surface area (Å²) in [5, 5.41) is 0. The van der Waals surface area contributed by atoms with Gasteiger partial charge in [0.25, 0.3) is 10.1 Å². The molecule has 0 aromatic heterocycles. The van der Waals surface area contributed by atoms with E-state index in [1.165, 1.54) is 0 Å². The summed E-state index contributed by atoms with van der Waals surface area (Å²) in [5.74, 6) is -0.365. The third kappa shape index (κ3) is 7.94. The summed E-state index contributed by atoms with van der Waals surface area (Å²) in [6.45, 7) is 5.46. The van der Waals surface area contributed by atoms with Gasteiger partial charge in [-0.15, -0.1) is 0 Å². The molecule has 0 atom stereocenters. The molecule has 5 nitrogen and oxygen atoms in total. The van der Waals surface area contributed by atoms with Crippen LogP contribution in [0, 0.1) is 0 Å². The van der Waals surface area contributed by atoms with Gasteiger partial charge in [-0.2, -0.15) is 8.42 Å². The van der Waals surface area contributed by atoms with E-state index in [4.69, 9.17) is 14.0 Å². The first-order valence-corrected chi connectivity index (χ1v) is 7.70. The van der Waals surface area contributed by atoms with Gasteiger partial charge in [0.05, 0.1) is 25.9 Å². The molecule has 0 saturated heterocycles. The highest BCUT2D eigenvalue weighted by Crippen LogP contribution is 2.08. The van der Waals surface area contributed by atoms with Crippen molar-refractivity contribution in [3.05, 3.63) is 35.4 Å². The quantitative estimate of drug-likeness (QED) is 0.585. The summed E-state index contributed by atoms with van der Waals surface area (Å²) in [6, 6.07) is 6.89. The summed E-state index contributed by atoms with van der Waals surface area (Å²) in [4.78, 5) is 0. The van der Waals surface area contributed by atoms with E-state index in [2.05, 4.69) is 0 Å². The standard InChI is InChI=1S/C13H20O5S/c1-11(2)18-8-7-17-9-12-3-5-13(6-4-12)10-19(14,15)16/h3-6,11H,7-10H2,1-2H3,(H,14,15,16). The van der Waals surface area contributed by atoms with Gasteiger partial charge < -0.3 is 9.47 Å². The predicted octanol–water partition coefficient (Wildman–Crippen LogP) is 2.02. The topological polar surface area (TPSA) is 72.8 Å². The van der Waals surface area contributed by atoms with E-state index in [0.717, 1.165) is 5.56 Å². The van der Waals surface area contributed by atoms with Crippen LogP contribution in [0.4, 0.5) is 0 Å². The maximum atomic E-state index is 10.7. The summed E-state index contributed by atoms with van der Waals surface area (Å²) in [7, 11) is -3.97. The average molecular weight is 288 g/mol. The zero-order valence-corrected chi connectivity index (χ0v) is 12.0. The maximum Gasteiger partial charge on any atom is 0.269 e. The van der Waals surface area contributed by atoms with Crippen molar-refractivity contribution in [1.29, 1.82) is 0 Å². The molecule has 0 aliphatic heterocycles. The zero-order chi connectivity index (χ0) is 14.3. The van der Waals surface area contributed by atoms with E-state index < -0.39 is 10.1 Å². The fourth-order valence-electron chi connectivity index (χ4n) is 1.48. The molecule has 19 heavy (non-hydrogen) atoms. The smallest absolute Gasteiger partial charge is 0.269 e. The lowest BCUT2D eigenvalue weighted by molar-refractivity contribution is 0.0143. The SMILES string of the molecule is CC(C)OCCOCc1ccc(CS(=O)(=O)O)cc1. The molecule has 0 aliphatic carbocycles. The van der Waals surface area contributed by atoms with Crippen LogP contribution in [0.5, 0.6) is 0 Å². The Bertz CT molecular complexity index is 464. The molecule has 6 heteroatoms. The highest BCUT2D eigenvalue weighted by molar-refractivity contribution is 7.85. The second-order valence-electron chi connectivity index (χ2n) is 4.51. The van der Waals surface area contributed by atoms with Crippen molar-refractivity contribution >= 4 is 10.1 Å². The van der Waals surface area contributed by atoms with Crippen LogP contribution in [0.3, 0.4) is 0 Å². The molecular weight excluding hydrogens is 268 g/mol. The maximum absolute atomic E-state index is 10.7. The molecule has 0 spiro atoms. The largest absolute Gasteiger partial charge is 0.376 e. The second kappa shape index (κ2) is 7.59. The number of benzene rings is 1. The molecule has 108 valence electrons. The normalized spacial score (nSPS) is 12.0. The lowest BCUT2D eigenvalue weighted by Crippen LogP contribution is -2.09. The van der Waals surface area contributed by atoms with Gasteiger partial charge in [0.2, 0.25) is 0 Å². The van der Waals surface area contributed by atoms with Crippen LogP contribution in [0.2, 0.25) is 0 Å². The minimum absolute atomic E-state index is 0.198. The molecular formula is C13H20O5S. The first kappa shape index (κ1) is 16.1. The van der Waals surface area contributed by atoms with Crippen molar-refractivity contribution in [2.24, 2.45) is 0 Å². The van der Waals surface area contributed by atoms with Gasteiger partial charge in [0.1, 0.15) is 5.75 Å². The zero-order valence-electron chi connectivity index (χ0n) is 11.2. The second-order valence-corrected chi connectivity index (χ2v) is 5.97. The molecule has 0 heterocycles. The first-order valence-electron chi connectivity index (χ1n) is 6.09. The highest BCUT2D eigenvalue weighted by Gasteiger charge is 2.06. The van der Waals surface area contributed by atoms with Crippen molar-refractivity contribution in [1.82, 2.24) is 0 Å². The molecule has 0 amide bonds. The van der Waals surface area contributed by atoms with E-state index in [9.17, 15) is 8.42 Å². The molecule has 1 aromatic rings. The van der Waals surface area contributed by atoms with E-state index in [1.807, 2.05) is 13.8 Å². The molecule has 0 aliphatic rings. The molecule has 0 fully saturated rings. The lowest BCUT2D eigenvalue weighted by atomic mass is 10.2. The van der Waals surface area contributed by atoms with Gasteiger partial charge in [0.15, 0.2) is 0 Å². The number of ether oxygens (including phenoxy) is 2. The van der Waals surface area contributed by atoms with Gasteiger partial charge >= 0.3 is 0 Å². The van der Waals surface area contributed by atoms with Gasteiger partial charge in [-0.05, 0) is 25.0 Å². The van der Waals surface area contributed by atoms with Crippen LogP contribution in [-0.4, -0.2) is 32.3 Å². The number of hydrogen-bond donors (Lipinski definition) is 1. The summed E-state index contributed by atoms with van der Waals surface area (Å²) < 4.78 is 40.9. The Balaban J connectivity index is 2.32. The monoisotopic (exact) mass is 288 g/mol. The highest BCUT2D eigenvalue weighted by atomic mass is 32.2. The molecule has 0 saturated carbocycles. The Morgan fingerprint density at radius 1 is 1.11 bits per heavy atom. The van der Waals surface area contributed by atoms with Crippen molar-refractivity contribution in [2.75, 3.05) is 13.2 Å². The third-order valence-electron chi connectivity index (χ3n) is 2.32. The van der Waals surface area contributed by atoms with Crippen LogP contribution < -0.4 is 0 Å². The Hall–Kier alpha value is -0.950. The van der Waals surface area contributed by atoms with Crippen molar-refractivity contribution < 1.29 is 22.4 Å². The average Bonchev–Trinajstić information content (AvgIpc) is 2.28. The molecule has 0 radical (unpaired) electrons. The van der Waals surface area contributed by atoms with Crippen LogP contribution in [-0.2, 0) is 32.0 Å². The van der Waals surface area contributed by atoms with E-state index in [0.29, 0.717) is 25.4 Å². The van der Waals surface area contributed by atoms with Gasteiger partial charge in [-0.1, -0.05) is 24.3 Å². The minimum Gasteiger partial charge on any atom is -0.376 e. The minimum atomic E-state index is -3.97. The summed E-state index contributed by atoms with van der Waals surface area (Å²) in [6.07, 6.45) is 0.198. The summed E-state index contributed by atoms with van der Waals surface area (Å²) >= 11 is 0. The third-order valence-corrected chi connectivity index (χ3v) is 3.02. The van der Waals surface area contributed by atoms with E-state index in [-0.39, 0.29) is 11.9 Å². The fourth-order valence-corrected chi connectivity index (χ4v) is 2.09. The Labute approximate surface area is 114 Å². The molecule has 0 unspecified atom stereocenters. The van der Waals surface area contributed by atoms with Crippen LogP contribution in [0.1, 0.15) is 25.0 Å². The van der Waals surface area contributed by atoms with Crippen molar-refractivity contribution in [3.63, 3.8) is 0 Å². The Kier molecular flexibility index (Phi) is 6.44. The van der Waals surface area contributed by atoms with E-state index >= 15 is 0 Å². The van der Waals surface area contributed by atoms with Crippen molar-refractivity contribution in [3.8, 4) is 0 Å². The molecule has 1 N–H and O–H groups in total. The van der Waals surface area contributed by atoms with E-state index in [1.54, 1.807) is 24.3 Å². The Morgan fingerprint density at radius 2 is 1.68 bits per heavy atom. The predicted molar refractivity (Wildman–Crippen MR) is 72.4 cm³/mol. The molecule has 0 bridgehead atoms. The van der Waals surface area contributed by atoms with Crippen LogP contribution >= 0.6 is 0 Å².